The number of rotatable bonds is 8. The first-order valence-corrected chi connectivity index (χ1v) is 13.6. The van der Waals surface area contributed by atoms with Crippen LogP contribution in [0.4, 0.5) is 14.9 Å². The standard InChI is InChI=1S/C28H30FN3O5S/c1-28(2,3)31-38(35,36)23-15-13-22(14-16-23)32-18-25(37-27(32)34)24(17-19-7-5-4-6-8-19)30-26(33)20-9-11-21(29)12-10-20/h4-16,24-25,31H,17-18H2,1-3H3,(H,30,33)/t24-,25-/m0/s1. The highest BCUT2D eigenvalue weighted by Crippen LogP contribution is 2.26. The van der Waals surface area contributed by atoms with Crippen molar-refractivity contribution in [3.63, 3.8) is 0 Å². The summed E-state index contributed by atoms with van der Waals surface area (Å²) >= 11 is 0. The van der Waals surface area contributed by atoms with E-state index in [0.717, 1.165) is 5.56 Å². The Morgan fingerprint density at radius 1 is 1.03 bits per heavy atom. The van der Waals surface area contributed by atoms with Crippen molar-refractivity contribution >= 4 is 27.7 Å². The fraction of sp³-hybridized carbons (Fsp3) is 0.286. The molecule has 0 aromatic heterocycles. The zero-order valence-corrected chi connectivity index (χ0v) is 22.2. The van der Waals surface area contributed by atoms with E-state index in [2.05, 4.69) is 10.0 Å². The summed E-state index contributed by atoms with van der Waals surface area (Å²) in [5, 5.41) is 2.93. The number of hydrogen-bond donors (Lipinski definition) is 2. The van der Waals surface area contributed by atoms with Crippen molar-refractivity contribution in [1.82, 2.24) is 10.0 Å². The summed E-state index contributed by atoms with van der Waals surface area (Å²) in [6, 6.07) is 20.1. The van der Waals surface area contributed by atoms with Crippen LogP contribution in [0.1, 0.15) is 36.7 Å². The molecule has 8 nitrogen and oxygen atoms in total. The molecule has 3 aromatic carbocycles. The first-order chi connectivity index (χ1) is 17.9. The molecule has 0 aliphatic carbocycles. The lowest BCUT2D eigenvalue weighted by atomic mass is 10.0. The summed E-state index contributed by atoms with van der Waals surface area (Å²) in [4.78, 5) is 27.2. The Labute approximate surface area is 221 Å². The Morgan fingerprint density at radius 3 is 2.26 bits per heavy atom. The van der Waals surface area contributed by atoms with Gasteiger partial charge in [-0.15, -0.1) is 0 Å². The molecule has 0 saturated carbocycles. The van der Waals surface area contributed by atoms with Gasteiger partial charge < -0.3 is 10.1 Å². The van der Waals surface area contributed by atoms with E-state index in [1.807, 2.05) is 30.3 Å². The highest BCUT2D eigenvalue weighted by molar-refractivity contribution is 7.89. The molecule has 38 heavy (non-hydrogen) atoms. The van der Waals surface area contributed by atoms with Crippen LogP contribution in [0.5, 0.6) is 0 Å². The minimum absolute atomic E-state index is 0.0776. The number of benzene rings is 3. The van der Waals surface area contributed by atoms with Gasteiger partial charge in [0.05, 0.1) is 17.5 Å². The van der Waals surface area contributed by atoms with E-state index < -0.39 is 45.5 Å². The summed E-state index contributed by atoms with van der Waals surface area (Å²) < 4.78 is 46.8. The molecule has 200 valence electrons. The van der Waals surface area contributed by atoms with E-state index in [1.54, 1.807) is 32.9 Å². The summed E-state index contributed by atoms with van der Waals surface area (Å²) in [5.41, 5.74) is 1.05. The van der Waals surface area contributed by atoms with Crippen LogP contribution in [0.15, 0.2) is 83.8 Å². The van der Waals surface area contributed by atoms with Gasteiger partial charge in [0.2, 0.25) is 10.0 Å². The first-order valence-electron chi connectivity index (χ1n) is 12.1. The molecule has 1 heterocycles. The Morgan fingerprint density at radius 2 is 1.66 bits per heavy atom. The van der Waals surface area contributed by atoms with E-state index in [1.165, 1.54) is 41.3 Å². The highest BCUT2D eigenvalue weighted by atomic mass is 32.2. The number of cyclic esters (lactones) is 1. The minimum atomic E-state index is -3.73. The van der Waals surface area contributed by atoms with Crippen molar-refractivity contribution in [2.45, 2.75) is 49.8 Å². The molecule has 1 aliphatic rings. The number of hydrogen-bond acceptors (Lipinski definition) is 5. The van der Waals surface area contributed by atoms with Gasteiger partial charge in [-0.2, -0.15) is 0 Å². The third-order valence-corrected chi connectivity index (χ3v) is 7.68. The fourth-order valence-corrected chi connectivity index (χ4v) is 5.59. The third kappa shape index (κ3) is 6.76. The molecule has 4 rings (SSSR count). The number of carbonyl (C=O) groups is 2. The summed E-state index contributed by atoms with van der Waals surface area (Å²) in [6.45, 7) is 5.40. The van der Waals surface area contributed by atoms with Crippen molar-refractivity contribution in [2.24, 2.45) is 0 Å². The van der Waals surface area contributed by atoms with Crippen LogP contribution in [0.3, 0.4) is 0 Å². The van der Waals surface area contributed by atoms with Crippen LogP contribution in [0.25, 0.3) is 0 Å². The molecule has 1 aliphatic heterocycles. The van der Waals surface area contributed by atoms with Gasteiger partial charge in [0.25, 0.3) is 5.91 Å². The second kappa shape index (κ2) is 10.9. The maximum Gasteiger partial charge on any atom is 0.414 e. The van der Waals surface area contributed by atoms with Gasteiger partial charge in [0.1, 0.15) is 11.9 Å². The number of amides is 2. The van der Waals surface area contributed by atoms with Crippen molar-refractivity contribution < 1.29 is 27.1 Å². The topological polar surface area (TPSA) is 105 Å². The zero-order chi connectivity index (χ0) is 27.5. The monoisotopic (exact) mass is 539 g/mol. The average molecular weight is 540 g/mol. The van der Waals surface area contributed by atoms with Gasteiger partial charge in [-0.1, -0.05) is 30.3 Å². The number of nitrogens with zero attached hydrogens (tertiary/aromatic N) is 1. The van der Waals surface area contributed by atoms with Crippen molar-refractivity contribution in [3.05, 3.63) is 95.8 Å². The summed E-state index contributed by atoms with van der Waals surface area (Å²) in [6.07, 6.45) is -0.888. The maximum absolute atomic E-state index is 13.3. The fourth-order valence-electron chi connectivity index (χ4n) is 4.17. The van der Waals surface area contributed by atoms with Crippen LogP contribution < -0.4 is 14.9 Å². The van der Waals surface area contributed by atoms with E-state index >= 15 is 0 Å². The van der Waals surface area contributed by atoms with Crippen LogP contribution in [-0.2, 0) is 21.2 Å². The van der Waals surface area contributed by atoms with Crippen molar-refractivity contribution in [2.75, 3.05) is 11.4 Å². The van der Waals surface area contributed by atoms with Gasteiger partial charge in [0, 0.05) is 16.8 Å². The van der Waals surface area contributed by atoms with Crippen molar-refractivity contribution in [1.29, 1.82) is 0 Å². The highest BCUT2D eigenvalue weighted by Gasteiger charge is 2.38. The number of anilines is 1. The molecule has 0 unspecified atom stereocenters. The average Bonchev–Trinajstić information content (AvgIpc) is 3.25. The quantitative estimate of drug-likeness (QED) is 0.445. The largest absolute Gasteiger partial charge is 0.442 e. The van der Waals surface area contributed by atoms with Gasteiger partial charge in [-0.05, 0) is 81.3 Å². The second-order valence-corrected chi connectivity index (χ2v) is 11.8. The smallest absolute Gasteiger partial charge is 0.414 e. The minimum Gasteiger partial charge on any atom is -0.442 e. The lowest BCUT2D eigenvalue weighted by Gasteiger charge is -2.24. The number of sulfonamides is 1. The molecule has 0 radical (unpaired) electrons. The summed E-state index contributed by atoms with van der Waals surface area (Å²) in [7, 11) is -3.73. The molecule has 1 fully saturated rings. The Hall–Kier alpha value is -3.76. The first kappa shape index (κ1) is 27.3. The number of ether oxygens (including phenoxy) is 1. The predicted molar refractivity (Wildman–Crippen MR) is 142 cm³/mol. The molecule has 2 atom stereocenters. The van der Waals surface area contributed by atoms with Gasteiger partial charge >= 0.3 is 6.09 Å². The molecule has 0 spiro atoms. The lowest BCUT2D eigenvalue weighted by Crippen LogP contribution is -2.46. The van der Waals surface area contributed by atoms with Gasteiger partial charge in [-0.25, -0.2) is 22.3 Å². The molecular weight excluding hydrogens is 509 g/mol. The molecule has 2 amide bonds. The lowest BCUT2D eigenvalue weighted by molar-refractivity contribution is 0.0840. The molecule has 0 bridgehead atoms. The Kier molecular flexibility index (Phi) is 7.84. The van der Waals surface area contributed by atoms with E-state index in [-0.39, 0.29) is 17.0 Å². The SMILES string of the molecule is CC(C)(C)NS(=O)(=O)c1ccc(N2C[C@@H]([C@H](Cc3ccccc3)NC(=O)c3ccc(F)cc3)OC2=O)cc1. The van der Waals surface area contributed by atoms with Crippen LogP contribution in [-0.4, -0.2) is 44.6 Å². The van der Waals surface area contributed by atoms with Crippen LogP contribution in [0, 0.1) is 5.82 Å². The van der Waals surface area contributed by atoms with Crippen LogP contribution in [0.2, 0.25) is 0 Å². The molecule has 3 aromatic rings. The molecule has 10 heteroatoms. The molecular formula is C28H30FN3O5S. The number of carbonyl (C=O) groups excluding carboxylic acids is 2. The summed E-state index contributed by atoms with van der Waals surface area (Å²) in [5.74, 6) is -0.864. The Bertz CT molecular complexity index is 1390. The zero-order valence-electron chi connectivity index (χ0n) is 21.3. The Balaban J connectivity index is 1.53. The van der Waals surface area contributed by atoms with Crippen molar-refractivity contribution in [3.8, 4) is 0 Å². The van der Waals surface area contributed by atoms with Crippen LogP contribution >= 0.6 is 0 Å². The second-order valence-electron chi connectivity index (χ2n) is 10.2. The van der Waals surface area contributed by atoms with E-state index in [0.29, 0.717) is 12.1 Å². The number of nitrogens with one attached hydrogen (secondary N) is 2. The molecule has 1 saturated heterocycles. The van der Waals surface area contributed by atoms with Gasteiger partial charge in [-0.3, -0.25) is 9.69 Å². The maximum atomic E-state index is 13.3. The normalized spacial score (nSPS) is 16.7. The van der Waals surface area contributed by atoms with E-state index in [4.69, 9.17) is 4.74 Å². The number of halogens is 1. The third-order valence-electron chi connectivity index (χ3n) is 5.90. The predicted octanol–water partition coefficient (Wildman–Crippen LogP) is 4.27. The molecule has 2 N–H and O–H groups in total. The van der Waals surface area contributed by atoms with E-state index in [9.17, 15) is 22.4 Å². The van der Waals surface area contributed by atoms with Gasteiger partial charge in [0.15, 0.2) is 0 Å².